The van der Waals surface area contributed by atoms with Gasteiger partial charge in [0, 0.05) is 13.3 Å². The predicted octanol–water partition coefficient (Wildman–Crippen LogP) is 0.875. The molecule has 0 aromatic heterocycles. The summed E-state index contributed by atoms with van der Waals surface area (Å²) in [4.78, 5) is 10.4. The topological polar surface area (TPSA) is 46.5 Å². The second-order valence-corrected chi connectivity index (χ2v) is 2.47. The molecule has 0 spiro atoms. The van der Waals surface area contributed by atoms with Gasteiger partial charge in [0.05, 0.1) is 6.10 Å². The van der Waals surface area contributed by atoms with Crippen LogP contribution in [0.2, 0.25) is 0 Å². The zero-order valence-corrected chi connectivity index (χ0v) is 6.91. The number of carbonyl (C=O) groups excluding carboxylic acids is 1. The molecule has 0 saturated heterocycles. The number of rotatable bonds is 4. The monoisotopic (exact) mass is 158 g/mol. The molecule has 0 aliphatic carbocycles. The molecule has 0 radical (unpaired) electrons. The SMILES string of the molecule is C=C[C@@H](C[C@@H](C)O)OC(C)=O. The van der Waals surface area contributed by atoms with Crippen LogP contribution in [-0.2, 0) is 9.53 Å². The Labute approximate surface area is 66.7 Å². The highest BCUT2D eigenvalue weighted by atomic mass is 16.5. The van der Waals surface area contributed by atoms with Crippen molar-refractivity contribution in [1.82, 2.24) is 0 Å². The third-order valence-electron chi connectivity index (χ3n) is 1.15. The molecule has 0 aliphatic heterocycles. The van der Waals surface area contributed by atoms with Gasteiger partial charge in [-0.15, -0.1) is 0 Å². The summed E-state index contributed by atoms with van der Waals surface area (Å²) >= 11 is 0. The summed E-state index contributed by atoms with van der Waals surface area (Å²) < 4.78 is 4.79. The van der Waals surface area contributed by atoms with Crippen LogP contribution in [0.4, 0.5) is 0 Å². The first-order valence-corrected chi connectivity index (χ1v) is 3.54. The highest BCUT2D eigenvalue weighted by Crippen LogP contribution is 2.03. The van der Waals surface area contributed by atoms with Crippen LogP contribution in [0, 0.1) is 0 Å². The zero-order valence-electron chi connectivity index (χ0n) is 6.91. The van der Waals surface area contributed by atoms with E-state index < -0.39 is 6.10 Å². The summed E-state index contributed by atoms with van der Waals surface area (Å²) in [7, 11) is 0. The number of aliphatic hydroxyl groups excluding tert-OH is 1. The van der Waals surface area contributed by atoms with Crippen LogP contribution in [0.1, 0.15) is 20.3 Å². The molecule has 3 heteroatoms. The van der Waals surface area contributed by atoms with Crippen molar-refractivity contribution >= 4 is 5.97 Å². The van der Waals surface area contributed by atoms with Gasteiger partial charge < -0.3 is 9.84 Å². The van der Waals surface area contributed by atoms with Gasteiger partial charge in [-0.3, -0.25) is 4.79 Å². The van der Waals surface area contributed by atoms with Gasteiger partial charge in [0.2, 0.25) is 0 Å². The summed E-state index contributed by atoms with van der Waals surface area (Å²) in [5.41, 5.74) is 0. The lowest BCUT2D eigenvalue weighted by Crippen LogP contribution is -2.18. The van der Waals surface area contributed by atoms with E-state index in [9.17, 15) is 4.79 Å². The maximum atomic E-state index is 10.4. The Kier molecular flexibility index (Phi) is 4.54. The highest BCUT2D eigenvalue weighted by Gasteiger charge is 2.09. The fourth-order valence-electron chi connectivity index (χ4n) is 0.742. The lowest BCUT2D eigenvalue weighted by atomic mass is 10.2. The van der Waals surface area contributed by atoms with Crippen LogP contribution in [0.25, 0.3) is 0 Å². The van der Waals surface area contributed by atoms with Gasteiger partial charge in [0.15, 0.2) is 0 Å². The molecule has 0 aromatic rings. The van der Waals surface area contributed by atoms with Crippen LogP contribution in [0.5, 0.6) is 0 Å². The van der Waals surface area contributed by atoms with Crippen molar-refractivity contribution < 1.29 is 14.6 Å². The van der Waals surface area contributed by atoms with Crippen molar-refractivity contribution in [2.45, 2.75) is 32.5 Å². The number of carbonyl (C=O) groups is 1. The quantitative estimate of drug-likeness (QED) is 0.488. The summed E-state index contributed by atoms with van der Waals surface area (Å²) in [6.45, 7) is 6.45. The Bertz CT molecular complexity index is 140. The molecule has 64 valence electrons. The molecule has 0 unspecified atom stereocenters. The molecule has 0 rings (SSSR count). The van der Waals surface area contributed by atoms with Gasteiger partial charge in [0.25, 0.3) is 0 Å². The normalized spacial score (nSPS) is 15.2. The lowest BCUT2D eigenvalue weighted by Gasteiger charge is -2.13. The first-order valence-electron chi connectivity index (χ1n) is 3.54. The maximum Gasteiger partial charge on any atom is 0.303 e. The van der Waals surface area contributed by atoms with Crippen molar-refractivity contribution in [1.29, 1.82) is 0 Å². The second-order valence-electron chi connectivity index (χ2n) is 2.47. The predicted molar refractivity (Wildman–Crippen MR) is 42.0 cm³/mol. The fourth-order valence-corrected chi connectivity index (χ4v) is 0.742. The van der Waals surface area contributed by atoms with E-state index >= 15 is 0 Å². The van der Waals surface area contributed by atoms with E-state index in [1.54, 1.807) is 6.92 Å². The van der Waals surface area contributed by atoms with Gasteiger partial charge in [-0.05, 0) is 6.92 Å². The van der Waals surface area contributed by atoms with Crippen molar-refractivity contribution in [3.05, 3.63) is 12.7 Å². The Balaban J connectivity index is 3.76. The minimum atomic E-state index is -0.475. The van der Waals surface area contributed by atoms with Crippen molar-refractivity contribution in [2.24, 2.45) is 0 Å². The van der Waals surface area contributed by atoms with Crippen LogP contribution >= 0.6 is 0 Å². The first-order chi connectivity index (χ1) is 5.06. The van der Waals surface area contributed by atoms with Gasteiger partial charge in [-0.25, -0.2) is 0 Å². The maximum absolute atomic E-state index is 10.4. The van der Waals surface area contributed by atoms with E-state index in [0.29, 0.717) is 6.42 Å². The van der Waals surface area contributed by atoms with Crippen LogP contribution < -0.4 is 0 Å². The largest absolute Gasteiger partial charge is 0.458 e. The molecule has 0 amide bonds. The molecule has 0 bridgehead atoms. The molecule has 0 aliphatic rings. The van der Waals surface area contributed by atoms with Gasteiger partial charge in [0.1, 0.15) is 6.10 Å². The van der Waals surface area contributed by atoms with Gasteiger partial charge >= 0.3 is 5.97 Å². The molecular weight excluding hydrogens is 144 g/mol. The van der Waals surface area contributed by atoms with E-state index in [0.717, 1.165) is 0 Å². The van der Waals surface area contributed by atoms with Crippen molar-refractivity contribution in [3.63, 3.8) is 0 Å². The fraction of sp³-hybridized carbons (Fsp3) is 0.625. The molecule has 3 nitrogen and oxygen atoms in total. The van der Waals surface area contributed by atoms with E-state index in [2.05, 4.69) is 6.58 Å². The second kappa shape index (κ2) is 4.91. The minimum absolute atomic E-state index is 0.351. The molecule has 0 saturated carbocycles. The van der Waals surface area contributed by atoms with E-state index in [1.165, 1.54) is 13.0 Å². The Morgan fingerprint density at radius 1 is 1.82 bits per heavy atom. The van der Waals surface area contributed by atoms with Crippen LogP contribution in [0.15, 0.2) is 12.7 Å². The smallest absolute Gasteiger partial charge is 0.303 e. The molecular formula is C8H14O3. The summed E-state index contributed by atoms with van der Waals surface area (Å²) in [6.07, 6.45) is 1.07. The van der Waals surface area contributed by atoms with E-state index in [-0.39, 0.29) is 12.1 Å². The molecule has 0 fully saturated rings. The van der Waals surface area contributed by atoms with E-state index in [4.69, 9.17) is 9.84 Å². The van der Waals surface area contributed by atoms with E-state index in [1.807, 2.05) is 0 Å². The van der Waals surface area contributed by atoms with Gasteiger partial charge in [-0.1, -0.05) is 12.7 Å². The average molecular weight is 158 g/mol. The Hall–Kier alpha value is -0.830. The molecule has 0 heterocycles. The summed E-state index contributed by atoms with van der Waals surface area (Å²) in [5.74, 6) is -0.351. The summed E-state index contributed by atoms with van der Waals surface area (Å²) in [6, 6.07) is 0. The highest BCUT2D eigenvalue weighted by molar-refractivity contribution is 5.66. The number of hydrogen-bond acceptors (Lipinski definition) is 3. The van der Waals surface area contributed by atoms with Gasteiger partial charge in [-0.2, -0.15) is 0 Å². The third-order valence-corrected chi connectivity index (χ3v) is 1.15. The zero-order chi connectivity index (χ0) is 8.85. The molecule has 0 aromatic carbocycles. The van der Waals surface area contributed by atoms with Crippen molar-refractivity contribution in [3.8, 4) is 0 Å². The number of esters is 1. The first kappa shape index (κ1) is 10.2. The molecule has 1 N–H and O–H groups in total. The number of aliphatic hydroxyl groups is 1. The number of hydrogen-bond donors (Lipinski definition) is 1. The minimum Gasteiger partial charge on any atom is -0.458 e. The Morgan fingerprint density at radius 3 is 2.64 bits per heavy atom. The standard InChI is InChI=1S/C8H14O3/c1-4-8(5-6(2)9)11-7(3)10/h4,6,8-9H,1,5H2,2-3H3/t6-,8+/m1/s1. The summed E-state index contributed by atoms with van der Waals surface area (Å²) in [5, 5.41) is 8.93. The van der Waals surface area contributed by atoms with Crippen LogP contribution in [0.3, 0.4) is 0 Å². The molecule has 2 atom stereocenters. The van der Waals surface area contributed by atoms with Crippen LogP contribution in [-0.4, -0.2) is 23.3 Å². The van der Waals surface area contributed by atoms with Crippen molar-refractivity contribution in [2.75, 3.05) is 0 Å². The average Bonchev–Trinajstić information content (AvgIpc) is 1.84. The number of ether oxygens (including phenoxy) is 1. The molecule has 11 heavy (non-hydrogen) atoms. The lowest BCUT2D eigenvalue weighted by molar-refractivity contribution is -0.145. The Morgan fingerprint density at radius 2 is 2.36 bits per heavy atom. The third kappa shape index (κ3) is 5.61.